The number of aryl methyl sites for hydroxylation is 1. The smallest absolute Gasteiger partial charge is 0.191 e. The van der Waals surface area contributed by atoms with E-state index >= 15 is 0 Å². The standard InChI is InChI=1S/C25H33N5O2/c1-4-32-24-17-20(11-12-23(24)31-3)10-6-13-27-25(26-2)28-18-21-8-5-9-22(16-21)19-30-15-7-14-29-30/h5,7-9,11-12,14-17H,4,6,10,13,18-19H2,1-3H3,(H2,26,27,28). The second-order valence-corrected chi connectivity index (χ2v) is 7.40. The van der Waals surface area contributed by atoms with E-state index in [1.54, 1.807) is 20.4 Å². The SMILES string of the molecule is CCOc1cc(CCCNC(=NC)NCc2cccc(Cn3cccn3)c2)ccc1OC. The largest absolute Gasteiger partial charge is 0.493 e. The third kappa shape index (κ3) is 7.04. The van der Waals surface area contributed by atoms with Gasteiger partial charge in [0.25, 0.3) is 0 Å². The molecule has 0 aliphatic rings. The molecule has 32 heavy (non-hydrogen) atoms. The molecule has 2 N–H and O–H groups in total. The van der Waals surface area contributed by atoms with Crippen molar-refractivity contribution in [3.05, 3.63) is 77.6 Å². The van der Waals surface area contributed by atoms with Gasteiger partial charge in [-0.15, -0.1) is 0 Å². The Labute approximate surface area is 190 Å². The summed E-state index contributed by atoms with van der Waals surface area (Å²) < 4.78 is 12.9. The monoisotopic (exact) mass is 435 g/mol. The topological polar surface area (TPSA) is 72.7 Å². The van der Waals surface area contributed by atoms with Crippen LogP contribution in [0.4, 0.5) is 0 Å². The lowest BCUT2D eigenvalue weighted by Crippen LogP contribution is -2.37. The zero-order valence-electron chi connectivity index (χ0n) is 19.2. The molecule has 3 rings (SSSR count). The first kappa shape index (κ1) is 23.2. The number of guanidine groups is 1. The van der Waals surface area contributed by atoms with E-state index in [0.717, 1.165) is 43.4 Å². The van der Waals surface area contributed by atoms with Crippen LogP contribution in [0.1, 0.15) is 30.0 Å². The van der Waals surface area contributed by atoms with Crippen molar-refractivity contribution in [1.82, 2.24) is 20.4 Å². The van der Waals surface area contributed by atoms with Gasteiger partial charge in [-0.1, -0.05) is 30.3 Å². The highest BCUT2D eigenvalue weighted by molar-refractivity contribution is 5.79. The maximum Gasteiger partial charge on any atom is 0.191 e. The molecule has 0 saturated heterocycles. The molecule has 0 amide bonds. The van der Waals surface area contributed by atoms with Crippen LogP contribution in [-0.2, 0) is 19.5 Å². The molecular formula is C25H33N5O2. The third-order valence-electron chi connectivity index (χ3n) is 5.04. The van der Waals surface area contributed by atoms with E-state index in [1.165, 1.54) is 16.7 Å². The Morgan fingerprint density at radius 2 is 1.91 bits per heavy atom. The van der Waals surface area contributed by atoms with Crippen LogP contribution < -0.4 is 20.1 Å². The molecule has 0 spiro atoms. The van der Waals surface area contributed by atoms with E-state index in [-0.39, 0.29) is 0 Å². The first-order chi connectivity index (χ1) is 15.7. The van der Waals surface area contributed by atoms with Gasteiger partial charge >= 0.3 is 0 Å². The molecule has 0 bridgehead atoms. The lowest BCUT2D eigenvalue weighted by Gasteiger charge is -2.13. The molecule has 7 nitrogen and oxygen atoms in total. The molecule has 2 aromatic carbocycles. The molecular weight excluding hydrogens is 402 g/mol. The predicted octanol–water partition coefficient (Wildman–Crippen LogP) is 3.64. The van der Waals surface area contributed by atoms with Crippen LogP contribution in [0.5, 0.6) is 11.5 Å². The average Bonchev–Trinajstić information content (AvgIpc) is 3.32. The molecule has 7 heteroatoms. The molecule has 0 atom stereocenters. The number of methoxy groups -OCH3 is 1. The summed E-state index contributed by atoms with van der Waals surface area (Å²) in [5, 5.41) is 11.1. The molecule has 0 aliphatic heterocycles. The molecule has 0 unspecified atom stereocenters. The van der Waals surface area contributed by atoms with Gasteiger partial charge in [-0.05, 0) is 54.7 Å². The van der Waals surface area contributed by atoms with Crippen molar-refractivity contribution in [1.29, 1.82) is 0 Å². The normalized spacial score (nSPS) is 11.3. The van der Waals surface area contributed by atoms with Crippen molar-refractivity contribution in [2.24, 2.45) is 4.99 Å². The average molecular weight is 436 g/mol. The number of aliphatic imine (C=N–C) groups is 1. The van der Waals surface area contributed by atoms with E-state index in [1.807, 2.05) is 29.9 Å². The number of nitrogens with zero attached hydrogens (tertiary/aromatic N) is 3. The Morgan fingerprint density at radius 3 is 2.66 bits per heavy atom. The van der Waals surface area contributed by atoms with Gasteiger partial charge < -0.3 is 20.1 Å². The van der Waals surface area contributed by atoms with Gasteiger partial charge in [0.05, 0.1) is 20.3 Å². The summed E-state index contributed by atoms with van der Waals surface area (Å²) in [6, 6.07) is 16.6. The van der Waals surface area contributed by atoms with Crippen molar-refractivity contribution in [3.63, 3.8) is 0 Å². The van der Waals surface area contributed by atoms with Crippen LogP contribution in [0.2, 0.25) is 0 Å². The molecule has 3 aromatic rings. The molecule has 1 heterocycles. The lowest BCUT2D eigenvalue weighted by molar-refractivity contribution is 0.310. The third-order valence-corrected chi connectivity index (χ3v) is 5.04. The number of hydrogen-bond donors (Lipinski definition) is 2. The fourth-order valence-corrected chi connectivity index (χ4v) is 3.47. The zero-order chi connectivity index (χ0) is 22.6. The van der Waals surface area contributed by atoms with Crippen LogP contribution in [0.3, 0.4) is 0 Å². The van der Waals surface area contributed by atoms with Gasteiger partial charge in [-0.25, -0.2) is 0 Å². The summed E-state index contributed by atoms with van der Waals surface area (Å²) in [4.78, 5) is 4.34. The lowest BCUT2D eigenvalue weighted by atomic mass is 10.1. The van der Waals surface area contributed by atoms with Crippen molar-refractivity contribution in [2.45, 2.75) is 32.9 Å². The summed E-state index contributed by atoms with van der Waals surface area (Å²) in [5.41, 5.74) is 3.66. The van der Waals surface area contributed by atoms with Gasteiger partial charge in [0.2, 0.25) is 0 Å². The number of hydrogen-bond acceptors (Lipinski definition) is 4. The Bertz CT molecular complexity index is 986. The second-order valence-electron chi connectivity index (χ2n) is 7.40. The Hall–Kier alpha value is -3.48. The molecule has 0 fully saturated rings. The fourth-order valence-electron chi connectivity index (χ4n) is 3.47. The van der Waals surface area contributed by atoms with Crippen molar-refractivity contribution in [3.8, 4) is 11.5 Å². The van der Waals surface area contributed by atoms with Gasteiger partial charge in [0.1, 0.15) is 0 Å². The van der Waals surface area contributed by atoms with E-state index in [9.17, 15) is 0 Å². The van der Waals surface area contributed by atoms with Crippen molar-refractivity contribution >= 4 is 5.96 Å². The highest BCUT2D eigenvalue weighted by atomic mass is 16.5. The molecule has 1 aromatic heterocycles. The summed E-state index contributed by atoms with van der Waals surface area (Å²) in [7, 11) is 3.46. The van der Waals surface area contributed by atoms with Crippen LogP contribution in [0, 0.1) is 0 Å². The molecule has 0 saturated carbocycles. The molecule has 170 valence electrons. The first-order valence-corrected chi connectivity index (χ1v) is 11.0. The zero-order valence-corrected chi connectivity index (χ0v) is 19.2. The maximum atomic E-state index is 5.67. The first-order valence-electron chi connectivity index (χ1n) is 11.0. The number of benzene rings is 2. The summed E-state index contributed by atoms with van der Waals surface area (Å²) in [5.74, 6) is 2.37. The number of rotatable bonds is 11. The summed E-state index contributed by atoms with van der Waals surface area (Å²) in [6.45, 7) is 4.90. The Kier molecular flexibility index (Phi) is 8.98. The number of ether oxygens (including phenoxy) is 2. The van der Waals surface area contributed by atoms with Crippen molar-refractivity contribution < 1.29 is 9.47 Å². The van der Waals surface area contributed by atoms with Crippen LogP contribution in [-0.4, -0.2) is 43.0 Å². The van der Waals surface area contributed by atoms with Crippen LogP contribution >= 0.6 is 0 Å². The Balaban J connectivity index is 1.43. The minimum Gasteiger partial charge on any atom is -0.493 e. The van der Waals surface area contributed by atoms with E-state index in [4.69, 9.17) is 9.47 Å². The van der Waals surface area contributed by atoms with Crippen LogP contribution in [0.25, 0.3) is 0 Å². The minimum absolute atomic E-state index is 0.621. The van der Waals surface area contributed by atoms with Gasteiger partial charge in [-0.3, -0.25) is 9.67 Å². The predicted molar refractivity (Wildman–Crippen MR) is 128 cm³/mol. The van der Waals surface area contributed by atoms with E-state index < -0.39 is 0 Å². The van der Waals surface area contributed by atoms with Gasteiger partial charge in [0.15, 0.2) is 17.5 Å². The van der Waals surface area contributed by atoms with E-state index in [0.29, 0.717) is 13.2 Å². The van der Waals surface area contributed by atoms with E-state index in [2.05, 4.69) is 57.1 Å². The van der Waals surface area contributed by atoms with Gasteiger partial charge in [-0.2, -0.15) is 5.10 Å². The minimum atomic E-state index is 0.621. The highest BCUT2D eigenvalue weighted by Gasteiger charge is 2.06. The second kappa shape index (κ2) is 12.4. The van der Waals surface area contributed by atoms with Crippen molar-refractivity contribution in [2.75, 3.05) is 27.3 Å². The number of nitrogens with one attached hydrogen (secondary N) is 2. The maximum absolute atomic E-state index is 5.67. The summed E-state index contributed by atoms with van der Waals surface area (Å²) >= 11 is 0. The van der Waals surface area contributed by atoms with Gasteiger partial charge in [0, 0.05) is 32.5 Å². The summed E-state index contributed by atoms with van der Waals surface area (Å²) in [6.07, 6.45) is 5.70. The fraction of sp³-hybridized carbons (Fsp3) is 0.360. The quantitative estimate of drug-likeness (QED) is 0.273. The van der Waals surface area contributed by atoms with Crippen LogP contribution in [0.15, 0.2) is 65.9 Å². The molecule has 0 aliphatic carbocycles. The molecule has 0 radical (unpaired) electrons. The number of aromatic nitrogens is 2. The highest BCUT2D eigenvalue weighted by Crippen LogP contribution is 2.28. The Morgan fingerprint density at radius 1 is 1.03 bits per heavy atom.